The van der Waals surface area contributed by atoms with Gasteiger partial charge in [0.05, 0.1) is 22.9 Å². The van der Waals surface area contributed by atoms with Gasteiger partial charge in [0, 0.05) is 19.6 Å². The molecule has 0 aliphatic carbocycles. The summed E-state index contributed by atoms with van der Waals surface area (Å²) in [6, 6.07) is 4.35. The number of carbonyl (C=O) groups is 1. The number of ether oxygens (including phenoxy) is 1. The number of piperidine rings is 1. The van der Waals surface area contributed by atoms with E-state index in [1.807, 2.05) is 0 Å². The van der Waals surface area contributed by atoms with Gasteiger partial charge in [-0.3, -0.25) is 4.79 Å². The van der Waals surface area contributed by atoms with Gasteiger partial charge >= 0.3 is 0 Å². The third-order valence-corrected chi connectivity index (χ3v) is 6.09. The van der Waals surface area contributed by atoms with E-state index in [0.29, 0.717) is 31.7 Å². The van der Waals surface area contributed by atoms with Gasteiger partial charge < -0.3 is 10.1 Å². The van der Waals surface area contributed by atoms with Gasteiger partial charge in [-0.2, -0.15) is 4.31 Å². The molecule has 1 N–H and O–H groups in total. The zero-order valence-corrected chi connectivity index (χ0v) is 15.1. The van der Waals surface area contributed by atoms with Crippen LogP contribution in [0.4, 0.5) is 0 Å². The largest absolute Gasteiger partial charge is 0.495 e. The minimum atomic E-state index is -3.70. The zero-order valence-electron chi connectivity index (χ0n) is 13.5. The molecule has 1 aromatic rings. The van der Waals surface area contributed by atoms with Crippen LogP contribution in [0.15, 0.2) is 35.7 Å². The van der Waals surface area contributed by atoms with Crippen LogP contribution in [0, 0.1) is 5.92 Å². The third-order valence-electron chi connectivity index (χ3n) is 3.94. The summed E-state index contributed by atoms with van der Waals surface area (Å²) in [6.45, 7) is 4.47. The van der Waals surface area contributed by atoms with Crippen LogP contribution in [0.3, 0.4) is 0 Å². The molecule has 132 valence electrons. The van der Waals surface area contributed by atoms with Crippen LogP contribution < -0.4 is 10.1 Å². The SMILES string of the molecule is C=CCNC(=O)[C@@H]1CCCN(S(=O)(=O)c2ccc(OC)c(Cl)c2)C1. The number of halogens is 1. The fraction of sp³-hybridized carbons (Fsp3) is 0.438. The van der Waals surface area contributed by atoms with Crippen molar-refractivity contribution in [1.29, 1.82) is 0 Å². The number of carbonyl (C=O) groups excluding carboxylic acids is 1. The van der Waals surface area contributed by atoms with Crippen molar-refractivity contribution >= 4 is 27.5 Å². The van der Waals surface area contributed by atoms with Gasteiger partial charge in [-0.05, 0) is 31.0 Å². The molecule has 0 radical (unpaired) electrons. The summed E-state index contributed by atoms with van der Waals surface area (Å²) in [7, 11) is -2.24. The maximum absolute atomic E-state index is 12.8. The van der Waals surface area contributed by atoms with Crippen molar-refractivity contribution in [3.05, 3.63) is 35.9 Å². The summed E-state index contributed by atoms with van der Waals surface area (Å²) in [4.78, 5) is 12.2. The summed E-state index contributed by atoms with van der Waals surface area (Å²) in [5.41, 5.74) is 0. The van der Waals surface area contributed by atoms with E-state index >= 15 is 0 Å². The third kappa shape index (κ3) is 4.09. The summed E-state index contributed by atoms with van der Waals surface area (Å²) in [6.07, 6.45) is 2.89. The smallest absolute Gasteiger partial charge is 0.243 e. The van der Waals surface area contributed by atoms with Crippen LogP contribution in [-0.2, 0) is 14.8 Å². The van der Waals surface area contributed by atoms with Crippen molar-refractivity contribution < 1.29 is 17.9 Å². The van der Waals surface area contributed by atoms with E-state index in [2.05, 4.69) is 11.9 Å². The summed E-state index contributed by atoms with van der Waals surface area (Å²) in [5.74, 6) is -0.0966. The lowest BCUT2D eigenvalue weighted by Gasteiger charge is -2.31. The fourth-order valence-electron chi connectivity index (χ4n) is 2.65. The lowest BCUT2D eigenvalue weighted by Crippen LogP contribution is -2.45. The highest BCUT2D eigenvalue weighted by Crippen LogP contribution is 2.30. The van der Waals surface area contributed by atoms with Crippen molar-refractivity contribution in [2.75, 3.05) is 26.7 Å². The normalized spacial score (nSPS) is 18.8. The maximum atomic E-state index is 12.8. The Hall–Kier alpha value is -1.57. The van der Waals surface area contributed by atoms with E-state index in [0.717, 1.165) is 0 Å². The minimum Gasteiger partial charge on any atom is -0.495 e. The van der Waals surface area contributed by atoms with Crippen LogP contribution in [0.1, 0.15) is 12.8 Å². The van der Waals surface area contributed by atoms with Gasteiger partial charge in [0.1, 0.15) is 5.75 Å². The summed E-state index contributed by atoms with van der Waals surface area (Å²) in [5, 5.41) is 2.95. The number of nitrogens with zero attached hydrogens (tertiary/aromatic N) is 1. The van der Waals surface area contributed by atoms with Crippen molar-refractivity contribution in [3.63, 3.8) is 0 Å². The monoisotopic (exact) mass is 372 g/mol. The number of methoxy groups -OCH3 is 1. The van der Waals surface area contributed by atoms with Gasteiger partial charge in [-0.15, -0.1) is 6.58 Å². The van der Waals surface area contributed by atoms with Crippen LogP contribution in [0.5, 0.6) is 5.75 Å². The Morgan fingerprint density at radius 2 is 2.29 bits per heavy atom. The first kappa shape index (κ1) is 18.8. The average molecular weight is 373 g/mol. The van der Waals surface area contributed by atoms with Crippen molar-refractivity contribution in [2.24, 2.45) is 5.92 Å². The predicted octanol–water partition coefficient (Wildman–Crippen LogP) is 2.05. The molecule has 0 aromatic heterocycles. The number of nitrogens with one attached hydrogen (secondary N) is 1. The molecule has 1 fully saturated rings. The second-order valence-corrected chi connectivity index (χ2v) is 7.88. The molecular formula is C16H21ClN2O4S. The second kappa shape index (κ2) is 8.00. The van der Waals surface area contributed by atoms with Crippen LogP contribution in [0.25, 0.3) is 0 Å². The van der Waals surface area contributed by atoms with E-state index < -0.39 is 10.0 Å². The Labute approximate surface area is 147 Å². The van der Waals surface area contributed by atoms with Crippen LogP contribution >= 0.6 is 11.6 Å². The van der Waals surface area contributed by atoms with E-state index in [9.17, 15) is 13.2 Å². The van der Waals surface area contributed by atoms with E-state index in [1.54, 1.807) is 6.08 Å². The Morgan fingerprint density at radius 1 is 1.54 bits per heavy atom. The van der Waals surface area contributed by atoms with Gasteiger partial charge in [0.25, 0.3) is 0 Å². The van der Waals surface area contributed by atoms with Crippen molar-refractivity contribution in [2.45, 2.75) is 17.7 Å². The quantitative estimate of drug-likeness (QED) is 0.775. The summed E-state index contributed by atoms with van der Waals surface area (Å²) < 4.78 is 32.0. The standard InChI is InChI=1S/C16H21ClN2O4S/c1-3-8-18-16(20)12-5-4-9-19(11-12)24(21,22)13-6-7-15(23-2)14(17)10-13/h3,6-7,10,12H,1,4-5,8-9,11H2,2H3,(H,18,20)/t12-/m1/s1. The Balaban J connectivity index is 2.18. The molecule has 0 saturated carbocycles. The molecular weight excluding hydrogens is 352 g/mol. The maximum Gasteiger partial charge on any atom is 0.243 e. The molecule has 1 saturated heterocycles. The van der Waals surface area contributed by atoms with E-state index in [-0.39, 0.29) is 28.3 Å². The van der Waals surface area contributed by atoms with E-state index in [1.165, 1.54) is 29.6 Å². The van der Waals surface area contributed by atoms with Crippen LogP contribution in [0.2, 0.25) is 5.02 Å². The molecule has 1 atom stereocenters. The van der Waals surface area contributed by atoms with Gasteiger partial charge in [0.15, 0.2) is 0 Å². The summed E-state index contributed by atoms with van der Waals surface area (Å²) >= 11 is 6.03. The highest BCUT2D eigenvalue weighted by molar-refractivity contribution is 7.89. The number of hydrogen-bond acceptors (Lipinski definition) is 4. The highest BCUT2D eigenvalue weighted by Gasteiger charge is 2.33. The fourth-order valence-corrected chi connectivity index (χ4v) is 4.52. The first-order valence-corrected chi connectivity index (χ1v) is 9.44. The molecule has 1 amide bonds. The first-order chi connectivity index (χ1) is 11.4. The lowest BCUT2D eigenvalue weighted by atomic mass is 9.99. The Kier molecular flexibility index (Phi) is 6.26. The Bertz CT molecular complexity index is 721. The molecule has 24 heavy (non-hydrogen) atoms. The number of rotatable bonds is 6. The zero-order chi connectivity index (χ0) is 17.7. The van der Waals surface area contributed by atoms with Crippen molar-refractivity contribution in [1.82, 2.24) is 9.62 Å². The molecule has 1 aliphatic heterocycles. The molecule has 0 bridgehead atoms. The molecule has 0 unspecified atom stereocenters. The number of amides is 1. The number of benzene rings is 1. The Morgan fingerprint density at radius 3 is 2.92 bits per heavy atom. The first-order valence-electron chi connectivity index (χ1n) is 7.62. The van der Waals surface area contributed by atoms with Crippen molar-refractivity contribution in [3.8, 4) is 5.75 Å². The number of hydrogen-bond donors (Lipinski definition) is 1. The lowest BCUT2D eigenvalue weighted by molar-refractivity contribution is -0.125. The molecule has 1 aliphatic rings. The molecule has 0 spiro atoms. The second-order valence-electron chi connectivity index (χ2n) is 5.53. The number of sulfonamides is 1. The molecule has 2 rings (SSSR count). The molecule has 1 aromatic carbocycles. The highest BCUT2D eigenvalue weighted by atomic mass is 35.5. The molecule has 6 nitrogen and oxygen atoms in total. The molecule has 8 heteroatoms. The van der Waals surface area contributed by atoms with E-state index in [4.69, 9.17) is 16.3 Å². The minimum absolute atomic E-state index is 0.0976. The molecule has 1 heterocycles. The predicted molar refractivity (Wildman–Crippen MR) is 92.7 cm³/mol. The topological polar surface area (TPSA) is 75.7 Å². The van der Waals surface area contributed by atoms with Gasteiger partial charge in [-0.25, -0.2) is 8.42 Å². The average Bonchev–Trinajstić information content (AvgIpc) is 2.59. The van der Waals surface area contributed by atoms with Gasteiger partial charge in [-0.1, -0.05) is 17.7 Å². The van der Waals surface area contributed by atoms with Crippen LogP contribution in [-0.4, -0.2) is 45.4 Å². The van der Waals surface area contributed by atoms with Gasteiger partial charge in [0.2, 0.25) is 15.9 Å².